The third-order valence-electron chi connectivity index (χ3n) is 5.01. The second-order valence-corrected chi connectivity index (χ2v) is 10.2. The van der Waals surface area contributed by atoms with Crippen molar-refractivity contribution in [2.24, 2.45) is 0 Å². The van der Waals surface area contributed by atoms with Gasteiger partial charge in [0.25, 0.3) is 11.8 Å². The van der Waals surface area contributed by atoms with E-state index in [1.807, 2.05) is 0 Å². The molecule has 0 aromatic heterocycles. The van der Waals surface area contributed by atoms with E-state index in [9.17, 15) is 18.0 Å². The molecule has 0 saturated carbocycles. The summed E-state index contributed by atoms with van der Waals surface area (Å²) in [5.41, 5.74) is 1.73. The highest BCUT2D eigenvalue weighted by atomic mass is 35.5. The molecule has 0 heterocycles. The molecule has 35 heavy (non-hydrogen) atoms. The van der Waals surface area contributed by atoms with Gasteiger partial charge in [0.05, 0.1) is 29.7 Å². The molecule has 0 fully saturated rings. The Morgan fingerprint density at radius 3 is 2.17 bits per heavy atom. The molecular weight excluding hydrogens is 509 g/mol. The molecule has 3 aromatic carbocycles. The van der Waals surface area contributed by atoms with E-state index >= 15 is 0 Å². The first-order chi connectivity index (χ1) is 16.6. The molecule has 0 bridgehead atoms. The fourth-order valence-electron chi connectivity index (χ4n) is 3.25. The van der Waals surface area contributed by atoms with E-state index in [1.165, 1.54) is 24.3 Å². The number of rotatable bonds is 9. The molecule has 0 radical (unpaired) electrons. The van der Waals surface area contributed by atoms with E-state index in [0.29, 0.717) is 39.1 Å². The van der Waals surface area contributed by atoms with Crippen molar-refractivity contribution < 1.29 is 18.0 Å². The van der Waals surface area contributed by atoms with Crippen molar-refractivity contribution in [2.75, 3.05) is 22.4 Å². The molecule has 3 aromatic rings. The van der Waals surface area contributed by atoms with Crippen LogP contribution in [-0.2, 0) is 16.6 Å². The van der Waals surface area contributed by atoms with Crippen molar-refractivity contribution in [3.8, 4) is 0 Å². The maximum absolute atomic E-state index is 12.8. The van der Waals surface area contributed by atoms with Crippen LogP contribution in [-0.4, -0.2) is 33.0 Å². The molecule has 2 N–H and O–H groups in total. The Labute approximate surface area is 214 Å². The Hall–Kier alpha value is -3.33. The fraction of sp³-hybridized carbons (Fsp3) is 0.120. The van der Waals surface area contributed by atoms with Gasteiger partial charge in [0, 0.05) is 27.7 Å². The van der Waals surface area contributed by atoms with Crippen molar-refractivity contribution >= 4 is 56.4 Å². The number of hydrogen-bond acceptors (Lipinski definition) is 4. The van der Waals surface area contributed by atoms with Gasteiger partial charge in [-0.3, -0.25) is 13.9 Å². The predicted octanol–water partition coefficient (Wildman–Crippen LogP) is 5.13. The zero-order valence-electron chi connectivity index (χ0n) is 18.8. The van der Waals surface area contributed by atoms with Gasteiger partial charge in [-0.2, -0.15) is 0 Å². The van der Waals surface area contributed by atoms with Crippen molar-refractivity contribution in [2.45, 2.75) is 6.54 Å². The summed E-state index contributed by atoms with van der Waals surface area (Å²) >= 11 is 12.5. The van der Waals surface area contributed by atoms with Crippen LogP contribution in [0, 0.1) is 0 Å². The molecule has 0 saturated heterocycles. The van der Waals surface area contributed by atoms with E-state index in [1.54, 1.807) is 48.5 Å². The molecule has 0 aliphatic carbocycles. The molecule has 0 aliphatic heterocycles. The van der Waals surface area contributed by atoms with Crippen LogP contribution in [0.15, 0.2) is 79.4 Å². The Balaban J connectivity index is 1.83. The van der Waals surface area contributed by atoms with Crippen LogP contribution in [0.1, 0.15) is 26.3 Å². The van der Waals surface area contributed by atoms with Gasteiger partial charge in [0.1, 0.15) is 0 Å². The van der Waals surface area contributed by atoms with Crippen LogP contribution < -0.4 is 14.9 Å². The van der Waals surface area contributed by atoms with E-state index in [0.717, 1.165) is 10.6 Å². The average molecular weight is 532 g/mol. The molecule has 0 atom stereocenters. The smallest absolute Gasteiger partial charge is 0.255 e. The summed E-state index contributed by atoms with van der Waals surface area (Å²) in [5, 5.41) is 6.09. The van der Waals surface area contributed by atoms with Gasteiger partial charge in [0.15, 0.2) is 0 Å². The minimum atomic E-state index is -3.69. The van der Waals surface area contributed by atoms with E-state index in [-0.39, 0.29) is 18.0 Å². The Bertz CT molecular complexity index is 1340. The second-order valence-electron chi connectivity index (χ2n) is 7.52. The van der Waals surface area contributed by atoms with E-state index < -0.39 is 15.9 Å². The number of nitrogens with zero attached hydrogens (tertiary/aromatic N) is 1. The quantitative estimate of drug-likeness (QED) is 0.374. The van der Waals surface area contributed by atoms with Gasteiger partial charge in [-0.1, -0.05) is 47.5 Å². The molecule has 3 rings (SSSR count). The molecule has 0 spiro atoms. The number of carbonyl (C=O) groups is 2. The zero-order valence-corrected chi connectivity index (χ0v) is 21.1. The molecule has 7 nitrogen and oxygen atoms in total. The largest absolute Gasteiger partial charge is 0.349 e. The van der Waals surface area contributed by atoms with Crippen LogP contribution >= 0.6 is 23.2 Å². The summed E-state index contributed by atoms with van der Waals surface area (Å²) in [6, 6.07) is 17.6. The van der Waals surface area contributed by atoms with Gasteiger partial charge in [0.2, 0.25) is 10.0 Å². The first kappa shape index (κ1) is 26.3. The number of anilines is 2. The van der Waals surface area contributed by atoms with Crippen LogP contribution in [0.2, 0.25) is 10.0 Å². The van der Waals surface area contributed by atoms with Crippen LogP contribution in [0.4, 0.5) is 11.4 Å². The summed E-state index contributed by atoms with van der Waals surface area (Å²) in [7, 11) is -3.69. The van der Waals surface area contributed by atoms with Crippen molar-refractivity contribution in [1.29, 1.82) is 0 Å². The number of sulfonamides is 1. The maximum atomic E-state index is 12.8. The minimum Gasteiger partial charge on any atom is -0.349 e. The summed E-state index contributed by atoms with van der Waals surface area (Å²) in [6.07, 6.45) is 2.63. The van der Waals surface area contributed by atoms with Gasteiger partial charge >= 0.3 is 0 Å². The predicted molar refractivity (Wildman–Crippen MR) is 141 cm³/mol. The first-order valence-corrected chi connectivity index (χ1v) is 13.0. The number of carbonyl (C=O) groups excluding carboxylic acids is 2. The third-order valence-corrected chi connectivity index (χ3v) is 6.86. The summed E-state index contributed by atoms with van der Waals surface area (Å²) in [6.45, 7) is 3.78. The Kier molecular flexibility index (Phi) is 8.56. The molecule has 182 valence electrons. The maximum Gasteiger partial charge on any atom is 0.255 e. The van der Waals surface area contributed by atoms with E-state index in [2.05, 4.69) is 17.2 Å². The van der Waals surface area contributed by atoms with Gasteiger partial charge in [-0.05, 0) is 48.5 Å². The van der Waals surface area contributed by atoms with Crippen molar-refractivity contribution in [3.63, 3.8) is 0 Å². The van der Waals surface area contributed by atoms with Crippen LogP contribution in [0.5, 0.6) is 0 Å². The lowest BCUT2D eigenvalue weighted by Gasteiger charge is -2.23. The Morgan fingerprint density at radius 1 is 0.943 bits per heavy atom. The lowest BCUT2D eigenvalue weighted by molar-refractivity contribution is 0.0959. The first-order valence-electron chi connectivity index (χ1n) is 10.4. The topological polar surface area (TPSA) is 95.6 Å². The standard InChI is InChI=1S/C25H23Cl2N3O4S/c1-3-15-28-25(32)19-7-4-5-10-23(19)29-24(31)17-11-13-18(14-12-17)30(35(2,33)34)16-20-21(26)8-6-9-22(20)27/h3-14H,1,15-16H2,2H3,(H,28,32)(H,29,31). The van der Waals surface area contributed by atoms with Crippen LogP contribution in [0.25, 0.3) is 0 Å². The fourth-order valence-corrected chi connectivity index (χ4v) is 4.64. The second kappa shape index (κ2) is 11.4. The molecular formula is C25H23Cl2N3O4S. The molecule has 0 unspecified atom stereocenters. The number of amides is 2. The van der Waals surface area contributed by atoms with Gasteiger partial charge in [-0.25, -0.2) is 8.42 Å². The number of halogens is 2. The molecule has 10 heteroatoms. The number of para-hydroxylation sites is 1. The van der Waals surface area contributed by atoms with Crippen molar-refractivity contribution in [1.82, 2.24) is 5.32 Å². The van der Waals surface area contributed by atoms with Crippen molar-refractivity contribution in [3.05, 3.63) is 106 Å². The monoisotopic (exact) mass is 531 g/mol. The number of hydrogen-bond donors (Lipinski definition) is 2. The normalized spacial score (nSPS) is 10.9. The minimum absolute atomic E-state index is 0.0733. The third kappa shape index (κ3) is 6.63. The number of nitrogens with one attached hydrogen (secondary N) is 2. The zero-order chi connectivity index (χ0) is 25.6. The van der Waals surface area contributed by atoms with E-state index in [4.69, 9.17) is 23.2 Å². The van der Waals surface area contributed by atoms with Crippen LogP contribution in [0.3, 0.4) is 0 Å². The summed E-state index contributed by atoms with van der Waals surface area (Å²) < 4.78 is 26.2. The molecule has 0 aliphatic rings. The average Bonchev–Trinajstić information content (AvgIpc) is 2.82. The van der Waals surface area contributed by atoms with Gasteiger partial charge < -0.3 is 10.6 Å². The number of benzene rings is 3. The lowest BCUT2D eigenvalue weighted by Crippen LogP contribution is -2.29. The van der Waals surface area contributed by atoms with Gasteiger partial charge in [-0.15, -0.1) is 6.58 Å². The highest BCUT2D eigenvalue weighted by molar-refractivity contribution is 7.92. The summed E-state index contributed by atoms with van der Waals surface area (Å²) in [5.74, 6) is -0.807. The highest BCUT2D eigenvalue weighted by Crippen LogP contribution is 2.29. The highest BCUT2D eigenvalue weighted by Gasteiger charge is 2.21. The SMILES string of the molecule is C=CCNC(=O)c1ccccc1NC(=O)c1ccc(N(Cc2c(Cl)cccc2Cl)S(C)(=O)=O)cc1. The molecule has 2 amide bonds. The Morgan fingerprint density at radius 2 is 1.57 bits per heavy atom. The lowest BCUT2D eigenvalue weighted by atomic mass is 10.1. The summed E-state index contributed by atoms with van der Waals surface area (Å²) in [4.78, 5) is 25.2.